The first-order valence-corrected chi connectivity index (χ1v) is 20.0. The van der Waals surface area contributed by atoms with Crippen LogP contribution in [0.4, 0.5) is 0 Å². The summed E-state index contributed by atoms with van der Waals surface area (Å²) in [6, 6.07) is -2.58. The monoisotopic (exact) mass is 801 g/mol. The number of guanidine groups is 2. The van der Waals surface area contributed by atoms with Crippen LogP contribution in [-0.4, -0.2) is 74.9 Å². The first kappa shape index (κ1) is 42.4. The number of nitrogens with zero attached hydrogens (tertiary/aromatic N) is 5. The van der Waals surface area contributed by atoms with Crippen LogP contribution in [0.25, 0.3) is 0 Å². The minimum absolute atomic E-state index is 0.0393. The van der Waals surface area contributed by atoms with Gasteiger partial charge in [0, 0.05) is 25.6 Å². The van der Waals surface area contributed by atoms with E-state index in [0.29, 0.717) is 80.5 Å². The molecule has 20 heteroatoms. The lowest BCUT2D eigenvalue weighted by Crippen LogP contribution is -2.47. The number of rotatable bonds is 16. The number of hydrogen-bond acceptors (Lipinski definition) is 14. The Hall–Kier alpha value is -4.37. The molecule has 17 nitrogen and oxygen atoms in total. The molecule has 2 unspecified atom stereocenters. The summed E-state index contributed by atoms with van der Waals surface area (Å²) < 4.78 is 0. The normalized spacial score (nSPS) is 17.4. The van der Waals surface area contributed by atoms with Gasteiger partial charge in [-0.3, -0.25) is 34.5 Å². The molecule has 0 aromatic carbocycles. The average Bonchev–Trinajstić information content (AvgIpc) is 3.80. The molecule has 3 aromatic heterocycles. The number of hydrogen-bond donors (Lipinski definition) is 8. The van der Waals surface area contributed by atoms with Crippen molar-refractivity contribution in [1.29, 1.82) is 0 Å². The van der Waals surface area contributed by atoms with Crippen molar-refractivity contribution in [2.75, 3.05) is 13.1 Å². The molecule has 4 rings (SSSR count). The van der Waals surface area contributed by atoms with Crippen LogP contribution < -0.4 is 44.6 Å². The number of carbonyl (C=O) groups excluding carboxylic acids is 4. The van der Waals surface area contributed by atoms with E-state index in [1.807, 2.05) is 6.92 Å². The Morgan fingerprint density at radius 1 is 0.870 bits per heavy atom. The van der Waals surface area contributed by atoms with Gasteiger partial charge in [0.25, 0.3) is 11.8 Å². The lowest BCUT2D eigenvalue weighted by molar-refractivity contribution is -0.122. The average molecular weight is 802 g/mol. The van der Waals surface area contributed by atoms with Gasteiger partial charge in [-0.1, -0.05) is 0 Å². The predicted octanol–water partition coefficient (Wildman–Crippen LogP) is 2.05. The molecule has 2 bridgehead atoms. The molecule has 3 aromatic rings. The fourth-order valence-electron chi connectivity index (χ4n) is 6.06. The number of thiazole rings is 3. The number of fused-ring (bicyclic) bond motifs is 2. The van der Waals surface area contributed by atoms with Gasteiger partial charge in [0.2, 0.25) is 0 Å². The fraction of sp³-hybridized carbons (Fsp3) is 0.559. The first-order chi connectivity index (χ1) is 25.3. The van der Waals surface area contributed by atoms with Crippen LogP contribution in [0.1, 0.15) is 133 Å². The zero-order valence-corrected chi connectivity index (χ0v) is 34.1. The molecule has 4 heterocycles. The van der Waals surface area contributed by atoms with Crippen molar-refractivity contribution in [1.82, 2.24) is 30.9 Å². The van der Waals surface area contributed by atoms with Crippen molar-refractivity contribution in [3.8, 4) is 0 Å². The summed E-state index contributed by atoms with van der Waals surface area (Å²) in [7, 11) is 0. The van der Waals surface area contributed by atoms with E-state index in [4.69, 9.17) is 38.6 Å². The first-order valence-electron chi connectivity index (χ1n) is 17.5. The Kier molecular flexibility index (Phi) is 14.0. The van der Waals surface area contributed by atoms with E-state index in [-0.39, 0.29) is 29.4 Å². The number of Topliss-reactive ketones (excluding diaryl/α,β-unsaturated/α-hetero) is 2. The third-order valence-corrected chi connectivity index (χ3v) is 12.1. The smallest absolute Gasteiger partial charge is 0.263 e. The van der Waals surface area contributed by atoms with Gasteiger partial charge < -0.3 is 39.3 Å². The minimum Gasteiger partial charge on any atom is -0.370 e. The Bertz CT molecular complexity index is 1920. The van der Waals surface area contributed by atoms with E-state index in [1.54, 1.807) is 34.6 Å². The number of carbonyl (C=O) groups is 4. The maximum absolute atomic E-state index is 14.1. The van der Waals surface area contributed by atoms with Gasteiger partial charge in [-0.25, -0.2) is 15.0 Å². The van der Waals surface area contributed by atoms with Gasteiger partial charge in [0.15, 0.2) is 17.7 Å². The number of nitrogens with two attached hydrogens (primary N) is 5. The van der Waals surface area contributed by atoms with Crippen LogP contribution in [0.3, 0.4) is 0 Å². The molecule has 0 saturated heterocycles. The highest BCUT2D eigenvalue weighted by atomic mass is 32.1. The zero-order chi connectivity index (χ0) is 40.1. The lowest BCUT2D eigenvalue weighted by Gasteiger charge is -2.27. The molecule has 0 spiro atoms. The molecule has 0 radical (unpaired) electrons. The molecule has 54 heavy (non-hydrogen) atoms. The predicted molar refractivity (Wildman–Crippen MR) is 213 cm³/mol. The molecular weight excluding hydrogens is 751 g/mol. The quantitative estimate of drug-likeness (QED) is 0.0585. The molecule has 0 fully saturated rings. The van der Waals surface area contributed by atoms with Gasteiger partial charge in [-0.05, 0) is 73.6 Å². The Morgan fingerprint density at radius 2 is 1.46 bits per heavy atom. The summed E-state index contributed by atoms with van der Waals surface area (Å²) in [5.74, 6) is -1.33. The maximum Gasteiger partial charge on any atom is 0.263 e. The molecule has 294 valence electrons. The molecule has 0 saturated carbocycles. The second-order valence-corrected chi connectivity index (χ2v) is 17.5. The van der Waals surface area contributed by atoms with E-state index < -0.39 is 41.5 Å². The molecule has 1 aliphatic heterocycles. The van der Waals surface area contributed by atoms with Crippen LogP contribution in [0, 0.1) is 19.8 Å². The van der Waals surface area contributed by atoms with Gasteiger partial charge >= 0.3 is 0 Å². The topological polar surface area (TPSA) is 298 Å². The zero-order valence-electron chi connectivity index (χ0n) is 31.6. The molecule has 2 amide bonds. The summed E-state index contributed by atoms with van der Waals surface area (Å²) >= 11 is 3.68. The highest BCUT2D eigenvalue weighted by Gasteiger charge is 2.34. The van der Waals surface area contributed by atoms with Gasteiger partial charge in [0.1, 0.15) is 15.5 Å². The summed E-state index contributed by atoms with van der Waals surface area (Å²) in [5.41, 5.74) is 29.0. The fourth-order valence-corrected chi connectivity index (χ4v) is 9.14. The molecule has 13 N–H and O–H groups in total. The molecule has 5 atom stereocenters. The SMILES string of the molecule is CC(=O)C(C)(C)N[C@@H](C)c1nc(C)sc1C(=O)N[C@@H](CCCN=C(N)N)c1nc(C)sc1C(=O)N[C@@H](C)c1nc2sc1C(=O)C(N)CC(CN=C(N)N)C2. The highest BCUT2D eigenvalue weighted by Crippen LogP contribution is 2.33. The minimum atomic E-state index is -0.844. The lowest BCUT2D eigenvalue weighted by atomic mass is 9.94. The Balaban J connectivity index is 1.62. The second-order valence-electron chi connectivity index (χ2n) is 14.0. The standard InChI is InChI=1S/C34H51N13O4S3/c1-14(23-27-26(49)20(35)11-19(13-41-33(38)39)12-22(46-23)54-27)42-30(50)29-25(44-18(5)53-29)21(9-8-10-40-32(36)37)45-31(51)28-24(43-17(4)52-28)15(2)47-34(6,7)16(3)48/h14-15,19-21,47H,8-13,35H2,1-7H3,(H,42,50)(H,45,51)(H4,36,37,40)(H4,38,39,41)/t14-,15-,19?,20?,21-/m0/s1. The maximum atomic E-state index is 14.1. The van der Waals surface area contributed by atoms with Crippen molar-refractivity contribution in [2.45, 2.75) is 104 Å². The number of ketones is 2. The largest absolute Gasteiger partial charge is 0.370 e. The number of amides is 2. The summed E-state index contributed by atoms with van der Waals surface area (Å²) in [6.45, 7) is 12.9. The van der Waals surface area contributed by atoms with Gasteiger partial charge in [0.05, 0.1) is 60.6 Å². The van der Waals surface area contributed by atoms with Crippen molar-refractivity contribution in [3.63, 3.8) is 0 Å². The third-order valence-electron chi connectivity index (χ3n) is 8.98. The molecule has 0 aliphatic carbocycles. The molecule has 1 aliphatic rings. The van der Waals surface area contributed by atoms with E-state index in [0.717, 1.165) is 5.01 Å². The van der Waals surface area contributed by atoms with Crippen LogP contribution in [0.2, 0.25) is 0 Å². The van der Waals surface area contributed by atoms with E-state index in [9.17, 15) is 19.2 Å². The molecular formula is C34H51N13O4S3. The van der Waals surface area contributed by atoms with Crippen molar-refractivity contribution < 1.29 is 19.2 Å². The Morgan fingerprint density at radius 3 is 2.07 bits per heavy atom. The summed E-state index contributed by atoms with van der Waals surface area (Å²) in [6.07, 6.45) is 1.74. The van der Waals surface area contributed by atoms with Gasteiger partial charge in [-0.2, -0.15) is 0 Å². The number of aliphatic imine (C=N–C) groups is 2. The highest BCUT2D eigenvalue weighted by molar-refractivity contribution is 7.14. The van der Waals surface area contributed by atoms with Gasteiger partial charge in [-0.15, -0.1) is 34.0 Å². The number of aryl methyl sites for hydroxylation is 2. The number of aromatic nitrogens is 3. The van der Waals surface area contributed by atoms with Crippen LogP contribution in [0.5, 0.6) is 0 Å². The van der Waals surface area contributed by atoms with E-state index in [1.165, 1.54) is 40.9 Å². The third kappa shape index (κ3) is 10.6. The van der Waals surface area contributed by atoms with Crippen molar-refractivity contribution in [3.05, 3.63) is 46.7 Å². The van der Waals surface area contributed by atoms with Crippen LogP contribution in [-0.2, 0) is 11.2 Å². The van der Waals surface area contributed by atoms with Crippen molar-refractivity contribution >= 4 is 69.3 Å². The summed E-state index contributed by atoms with van der Waals surface area (Å²) in [5, 5.41) is 11.4. The van der Waals surface area contributed by atoms with E-state index >= 15 is 0 Å². The second kappa shape index (κ2) is 17.8. The Labute approximate surface area is 326 Å². The van der Waals surface area contributed by atoms with Crippen LogP contribution in [0.15, 0.2) is 9.98 Å². The van der Waals surface area contributed by atoms with Crippen molar-refractivity contribution in [2.24, 2.45) is 44.6 Å². The van der Waals surface area contributed by atoms with E-state index in [2.05, 4.69) is 30.9 Å². The van der Waals surface area contributed by atoms with Crippen LogP contribution >= 0.6 is 34.0 Å². The number of nitrogens with one attached hydrogen (secondary N) is 3. The summed E-state index contributed by atoms with van der Waals surface area (Å²) in [4.78, 5) is 77.2.